The molecule has 0 unspecified atom stereocenters. The van der Waals surface area contributed by atoms with Gasteiger partial charge in [-0.2, -0.15) is 5.11 Å². The largest absolute Gasteiger partial charge is 0.372 e. The van der Waals surface area contributed by atoms with Crippen LogP contribution in [0.25, 0.3) is 0 Å². The van der Waals surface area contributed by atoms with Crippen molar-refractivity contribution >= 4 is 11.4 Å². The van der Waals surface area contributed by atoms with E-state index in [0.717, 1.165) is 13.1 Å². The average Bonchev–Trinajstić information content (AvgIpc) is 2.21. The van der Waals surface area contributed by atoms with Crippen LogP contribution in [0.2, 0.25) is 0 Å². The summed E-state index contributed by atoms with van der Waals surface area (Å²) >= 11 is 0. The lowest BCUT2D eigenvalue weighted by Gasteiger charge is -2.20. The summed E-state index contributed by atoms with van der Waals surface area (Å²) in [7, 11) is 0. The van der Waals surface area contributed by atoms with E-state index in [1.54, 1.807) is 0 Å². The van der Waals surface area contributed by atoms with Crippen LogP contribution >= 0.6 is 0 Å². The van der Waals surface area contributed by atoms with Gasteiger partial charge in [-0.1, -0.05) is 0 Å². The fraction of sp³-hybridized carbons (Fsp3) is 0.400. The number of anilines is 1. The molecule has 0 atom stereocenters. The summed E-state index contributed by atoms with van der Waals surface area (Å²) in [6.45, 7) is 6.28. The zero-order valence-corrected chi connectivity index (χ0v) is 8.12. The number of benzene rings is 1. The second-order valence-corrected chi connectivity index (χ2v) is 2.80. The van der Waals surface area contributed by atoms with Gasteiger partial charge in [0.1, 0.15) is 0 Å². The molecule has 3 heteroatoms. The molecule has 0 bridgehead atoms. The van der Waals surface area contributed by atoms with Crippen molar-refractivity contribution in [3.63, 3.8) is 0 Å². The SMILES string of the molecule is CCN(CC)c1ccc(N=N)cc1. The van der Waals surface area contributed by atoms with Crippen LogP contribution < -0.4 is 4.90 Å². The van der Waals surface area contributed by atoms with Crippen LogP contribution in [0.1, 0.15) is 13.8 Å². The molecule has 3 nitrogen and oxygen atoms in total. The maximum absolute atomic E-state index is 6.82. The van der Waals surface area contributed by atoms with E-state index in [1.165, 1.54) is 5.69 Å². The van der Waals surface area contributed by atoms with Gasteiger partial charge in [0.2, 0.25) is 0 Å². The van der Waals surface area contributed by atoms with Gasteiger partial charge < -0.3 is 4.90 Å². The first kappa shape index (κ1) is 9.71. The highest BCUT2D eigenvalue weighted by atomic mass is 15.1. The van der Waals surface area contributed by atoms with Crippen LogP contribution in [0.15, 0.2) is 29.4 Å². The normalized spacial score (nSPS) is 9.69. The Balaban J connectivity index is 2.83. The van der Waals surface area contributed by atoms with Gasteiger partial charge in [-0.15, -0.1) is 0 Å². The van der Waals surface area contributed by atoms with Gasteiger partial charge in [-0.25, -0.2) is 5.53 Å². The Labute approximate surface area is 78.9 Å². The fourth-order valence-electron chi connectivity index (χ4n) is 1.33. The highest BCUT2D eigenvalue weighted by Gasteiger charge is 1.99. The van der Waals surface area contributed by atoms with Gasteiger partial charge >= 0.3 is 0 Å². The zero-order valence-electron chi connectivity index (χ0n) is 8.12. The summed E-state index contributed by atoms with van der Waals surface area (Å²) in [6, 6.07) is 7.72. The van der Waals surface area contributed by atoms with Crippen molar-refractivity contribution in [3.05, 3.63) is 24.3 Å². The molecule has 0 radical (unpaired) electrons. The van der Waals surface area contributed by atoms with Crippen molar-refractivity contribution in [3.8, 4) is 0 Å². The monoisotopic (exact) mass is 177 g/mol. The molecule has 0 aliphatic rings. The maximum Gasteiger partial charge on any atom is 0.0851 e. The molecule has 13 heavy (non-hydrogen) atoms. The van der Waals surface area contributed by atoms with Gasteiger partial charge in [-0.05, 0) is 38.1 Å². The third kappa shape index (κ3) is 2.28. The zero-order chi connectivity index (χ0) is 9.68. The van der Waals surface area contributed by atoms with Gasteiger partial charge in [0.05, 0.1) is 5.69 Å². The summed E-state index contributed by atoms with van der Waals surface area (Å²) < 4.78 is 0. The molecule has 0 aliphatic carbocycles. The second kappa shape index (κ2) is 4.60. The first-order valence-corrected chi connectivity index (χ1v) is 4.54. The molecule has 1 N–H and O–H groups in total. The van der Waals surface area contributed by atoms with E-state index in [-0.39, 0.29) is 0 Å². The lowest BCUT2D eigenvalue weighted by Crippen LogP contribution is -2.21. The minimum Gasteiger partial charge on any atom is -0.372 e. The Hall–Kier alpha value is -1.38. The number of hydrogen-bond donors (Lipinski definition) is 1. The molecular weight excluding hydrogens is 162 g/mol. The van der Waals surface area contributed by atoms with Gasteiger partial charge in [0, 0.05) is 18.8 Å². The van der Waals surface area contributed by atoms with Gasteiger partial charge in [-0.3, -0.25) is 0 Å². The first-order valence-electron chi connectivity index (χ1n) is 4.54. The minimum absolute atomic E-state index is 0.705. The van der Waals surface area contributed by atoms with Crippen LogP contribution in [0.4, 0.5) is 11.4 Å². The van der Waals surface area contributed by atoms with Crippen molar-refractivity contribution in [1.82, 2.24) is 0 Å². The molecule has 0 fully saturated rings. The molecule has 0 aromatic heterocycles. The minimum atomic E-state index is 0.705. The van der Waals surface area contributed by atoms with E-state index in [9.17, 15) is 0 Å². The number of nitrogens with zero attached hydrogens (tertiary/aromatic N) is 2. The highest BCUT2D eigenvalue weighted by Crippen LogP contribution is 2.18. The van der Waals surface area contributed by atoms with Crippen molar-refractivity contribution in [1.29, 1.82) is 5.53 Å². The molecule has 0 saturated carbocycles. The molecule has 1 aromatic rings. The predicted octanol–water partition coefficient (Wildman–Crippen LogP) is 3.20. The Morgan fingerprint density at radius 2 is 1.69 bits per heavy atom. The first-order chi connectivity index (χ1) is 6.31. The van der Waals surface area contributed by atoms with Crippen molar-refractivity contribution in [2.75, 3.05) is 18.0 Å². The van der Waals surface area contributed by atoms with E-state index in [4.69, 9.17) is 5.53 Å². The summed E-state index contributed by atoms with van der Waals surface area (Å²) in [5, 5.41) is 3.35. The van der Waals surface area contributed by atoms with Gasteiger partial charge in [0.25, 0.3) is 0 Å². The van der Waals surface area contributed by atoms with Crippen molar-refractivity contribution in [2.24, 2.45) is 5.11 Å². The van der Waals surface area contributed by atoms with E-state index >= 15 is 0 Å². The van der Waals surface area contributed by atoms with Gasteiger partial charge in [0.15, 0.2) is 0 Å². The third-order valence-corrected chi connectivity index (χ3v) is 2.11. The Morgan fingerprint density at radius 1 is 1.15 bits per heavy atom. The summed E-state index contributed by atoms with van der Waals surface area (Å²) in [4.78, 5) is 2.26. The Bertz CT molecular complexity index is 262. The van der Waals surface area contributed by atoms with Crippen LogP contribution in [0.3, 0.4) is 0 Å². The standard InChI is InChI=1S/C10H15N3/c1-3-13(4-2)10-7-5-9(12-11)6-8-10/h5-8,11H,3-4H2,1-2H3. The smallest absolute Gasteiger partial charge is 0.0851 e. The average molecular weight is 177 g/mol. The molecule has 70 valence electrons. The highest BCUT2D eigenvalue weighted by molar-refractivity contribution is 5.52. The van der Waals surface area contributed by atoms with E-state index in [0.29, 0.717) is 5.69 Å². The number of nitrogens with one attached hydrogen (secondary N) is 1. The summed E-state index contributed by atoms with van der Waals surface area (Å²) in [5.41, 5.74) is 8.72. The van der Waals surface area contributed by atoms with Crippen LogP contribution in [-0.2, 0) is 0 Å². The third-order valence-electron chi connectivity index (χ3n) is 2.11. The quantitative estimate of drug-likeness (QED) is 0.705. The Morgan fingerprint density at radius 3 is 2.08 bits per heavy atom. The van der Waals surface area contributed by atoms with E-state index in [1.807, 2.05) is 24.3 Å². The lowest BCUT2D eigenvalue weighted by molar-refractivity contribution is 0.866. The Kier molecular flexibility index (Phi) is 3.43. The van der Waals surface area contributed by atoms with E-state index in [2.05, 4.69) is 23.9 Å². The fourth-order valence-corrected chi connectivity index (χ4v) is 1.33. The van der Waals surface area contributed by atoms with Crippen molar-refractivity contribution in [2.45, 2.75) is 13.8 Å². The second-order valence-electron chi connectivity index (χ2n) is 2.80. The number of hydrogen-bond acceptors (Lipinski definition) is 3. The van der Waals surface area contributed by atoms with Crippen LogP contribution in [-0.4, -0.2) is 13.1 Å². The number of rotatable bonds is 4. The van der Waals surface area contributed by atoms with E-state index < -0.39 is 0 Å². The molecular formula is C10H15N3. The summed E-state index contributed by atoms with van der Waals surface area (Å²) in [6.07, 6.45) is 0. The molecule has 1 aromatic carbocycles. The molecule has 0 aliphatic heterocycles. The molecule has 0 heterocycles. The maximum atomic E-state index is 6.82. The van der Waals surface area contributed by atoms with Crippen molar-refractivity contribution < 1.29 is 0 Å². The lowest BCUT2D eigenvalue weighted by atomic mass is 10.2. The van der Waals surface area contributed by atoms with Crippen LogP contribution in [0, 0.1) is 5.53 Å². The molecule has 1 rings (SSSR count). The van der Waals surface area contributed by atoms with Crippen LogP contribution in [0.5, 0.6) is 0 Å². The molecule has 0 spiro atoms. The summed E-state index contributed by atoms with van der Waals surface area (Å²) in [5.74, 6) is 0. The molecule has 0 amide bonds. The topological polar surface area (TPSA) is 39.5 Å². The molecule has 0 saturated heterocycles. The predicted molar refractivity (Wildman–Crippen MR) is 54.8 cm³/mol.